The molecule has 146 valence electrons. The Kier molecular flexibility index (Phi) is 5.21. The molecule has 0 saturated carbocycles. The molecule has 4 rings (SSSR count). The van der Waals surface area contributed by atoms with Crippen molar-refractivity contribution < 1.29 is 13.7 Å². The summed E-state index contributed by atoms with van der Waals surface area (Å²) in [5, 5.41) is 11.0. The highest BCUT2D eigenvalue weighted by Crippen LogP contribution is 2.23. The fourth-order valence-corrected chi connectivity index (χ4v) is 3.53. The van der Waals surface area contributed by atoms with E-state index < -0.39 is 0 Å². The topological polar surface area (TPSA) is 78.3 Å². The maximum Gasteiger partial charge on any atom is 0.276 e. The standard InChI is InChI=1S/C20H22FN5O2/c1-14-10-18(24-28-14)20(27)26-7-3-6-25(8-9-26)13-16-12-22-23-19(16)15-4-2-5-17(21)11-15/h2,4-5,10-12H,3,6-9,13H2,1H3,(H,22,23). The van der Waals surface area contributed by atoms with Crippen LogP contribution < -0.4 is 0 Å². The summed E-state index contributed by atoms with van der Waals surface area (Å²) in [6.45, 7) is 5.38. The van der Waals surface area contributed by atoms with Gasteiger partial charge in [0.1, 0.15) is 11.6 Å². The lowest BCUT2D eigenvalue weighted by Crippen LogP contribution is -2.35. The number of nitrogens with one attached hydrogen (secondary N) is 1. The first-order chi connectivity index (χ1) is 13.6. The van der Waals surface area contributed by atoms with Gasteiger partial charge in [-0.2, -0.15) is 5.10 Å². The van der Waals surface area contributed by atoms with Gasteiger partial charge in [0.25, 0.3) is 5.91 Å². The molecule has 1 aliphatic rings. The zero-order valence-corrected chi connectivity index (χ0v) is 15.7. The maximum atomic E-state index is 13.6. The normalized spacial score (nSPS) is 15.6. The third kappa shape index (κ3) is 3.96. The number of carbonyl (C=O) groups is 1. The van der Waals surface area contributed by atoms with Gasteiger partial charge in [0.2, 0.25) is 0 Å². The molecular weight excluding hydrogens is 361 g/mol. The maximum absolute atomic E-state index is 13.6. The van der Waals surface area contributed by atoms with E-state index in [0.29, 0.717) is 31.1 Å². The van der Waals surface area contributed by atoms with Crippen molar-refractivity contribution in [3.8, 4) is 11.3 Å². The molecule has 0 spiro atoms. The summed E-state index contributed by atoms with van der Waals surface area (Å²) in [5.41, 5.74) is 2.97. The molecule has 1 aliphatic heterocycles. The number of nitrogens with zero attached hydrogens (tertiary/aromatic N) is 4. The highest BCUT2D eigenvalue weighted by molar-refractivity contribution is 5.92. The van der Waals surface area contributed by atoms with E-state index in [1.54, 1.807) is 25.3 Å². The van der Waals surface area contributed by atoms with Crippen LogP contribution in [0.15, 0.2) is 41.1 Å². The van der Waals surface area contributed by atoms with Crippen LogP contribution in [0.5, 0.6) is 0 Å². The Hall–Kier alpha value is -3.00. The van der Waals surface area contributed by atoms with Crippen molar-refractivity contribution >= 4 is 5.91 Å². The molecule has 2 aromatic heterocycles. The summed E-state index contributed by atoms with van der Waals surface area (Å²) in [6.07, 6.45) is 2.65. The lowest BCUT2D eigenvalue weighted by atomic mass is 10.1. The molecule has 28 heavy (non-hydrogen) atoms. The fraction of sp³-hybridized carbons (Fsp3) is 0.350. The molecule has 7 nitrogen and oxygen atoms in total. The molecule has 1 saturated heterocycles. The van der Waals surface area contributed by atoms with Crippen LogP contribution in [0.1, 0.15) is 28.2 Å². The highest BCUT2D eigenvalue weighted by atomic mass is 19.1. The molecule has 8 heteroatoms. The molecular formula is C20H22FN5O2. The molecule has 0 bridgehead atoms. The zero-order chi connectivity index (χ0) is 19.5. The average molecular weight is 383 g/mol. The predicted molar refractivity (Wildman–Crippen MR) is 101 cm³/mol. The first-order valence-electron chi connectivity index (χ1n) is 9.33. The number of rotatable bonds is 4. The Morgan fingerprint density at radius 2 is 2.14 bits per heavy atom. The summed E-state index contributed by atoms with van der Waals surface area (Å²) < 4.78 is 18.6. The van der Waals surface area contributed by atoms with Gasteiger partial charge < -0.3 is 9.42 Å². The average Bonchev–Trinajstić information content (AvgIpc) is 3.25. The van der Waals surface area contributed by atoms with E-state index >= 15 is 0 Å². The summed E-state index contributed by atoms with van der Waals surface area (Å²) in [6, 6.07) is 8.15. The van der Waals surface area contributed by atoms with Crippen molar-refractivity contribution in [2.45, 2.75) is 19.9 Å². The predicted octanol–water partition coefficient (Wildman–Crippen LogP) is 2.86. The Labute approximate surface area is 162 Å². The van der Waals surface area contributed by atoms with Gasteiger partial charge in [0, 0.05) is 49.9 Å². The number of aromatic nitrogens is 3. The van der Waals surface area contributed by atoms with E-state index in [1.807, 2.05) is 11.0 Å². The number of hydrogen-bond acceptors (Lipinski definition) is 5. The summed E-state index contributed by atoms with van der Waals surface area (Å²) >= 11 is 0. The van der Waals surface area contributed by atoms with E-state index in [9.17, 15) is 9.18 Å². The Bertz CT molecular complexity index is 967. The third-order valence-electron chi connectivity index (χ3n) is 4.95. The lowest BCUT2D eigenvalue weighted by molar-refractivity contribution is 0.0750. The number of aryl methyl sites for hydroxylation is 1. The van der Waals surface area contributed by atoms with Gasteiger partial charge in [0.15, 0.2) is 5.69 Å². The molecule has 1 aromatic carbocycles. The van der Waals surface area contributed by atoms with Crippen molar-refractivity contribution in [2.75, 3.05) is 26.2 Å². The minimum Gasteiger partial charge on any atom is -0.361 e. The Balaban J connectivity index is 1.42. The minimum atomic E-state index is -0.273. The van der Waals surface area contributed by atoms with E-state index in [0.717, 1.165) is 36.3 Å². The van der Waals surface area contributed by atoms with Crippen molar-refractivity contribution in [1.29, 1.82) is 0 Å². The SMILES string of the molecule is Cc1cc(C(=O)N2CCCN(Cc3cn[nH]c3-c3cccc(F)c3)CC2)no1. The van der Waals surface area contributed by atoms with Crippen LogP contribution in [-0.4, -0.2) is 57.2 Å². The van der Waals surface area contributed by atoms with Gasteiger partial charge in [-0.1, -0.05) is 17.3 Å². The van der Waals surface area contributed by atoms with Crippen molar-refractivity contribution in [3.63, 3.8) is 0 Å². The van der Waals surface area contributed by atoms with Crippen LogP contribution in [0.3, 0.4) is 0 Å². The van der Waals surface area contributed by atoms with E-state index in [1.165, 1.54) is 12.1 Å². The second-order valence-corrected chi connectivity index (χ2v) is 7.03. The number of hydrogen-bond donors (Lipinski definition) is 1. The molecule has 0 aliphatic carbocycles. The van der Waals surface area contributed by atoms with Gasteiger partial charge in [-0.05, 0) is 25.5 Å². The van der Waals surface area contributed by atoms with Gasteiger partial charge in [-0.15, -0.1) is 0 Å². The van der Waals surface area contributed by atoms with E-state index in [4.69, 9.17) is 4.52 Å². The monoisotopic (exact) mass is 383 g/mol. The molecule has 0 unspecified atom stereocenters. The second kappa shape index (κ2) is 7.93. The Morgan fingerprint density at radius 1 is 1.25 bits per heavy atom. The van der Waals surface area contributed by atoms with Crippen LogP contribution >= 0.6 is 0 Å². The first kappa shape index (κ1) is 18.4. The van der Waals surface area contributed by atoms with Crippen molar-refractivity contribution in [2.24, 2.45) is 0 Å². The molecule has 3 heterocycles. The number of amides is 1. The number of benzene rings is 1. The van der Waals surface area contributed by atoms with Crippen LogP contribution in [0.4, 0.5) is 4.39 Å². The van der Waals surface area contributed by atoms with Crippen LogP contribution in [0.25, 0.3) is 11.3 Å². The fourth-order valence-electron chi connectivity index (χ4n) is 3.53. The number of aromatic amines is 1. The quantitative estimate of drug-likeness (QED) is 0.750. The number of halogens is 1. The molecule has 3 aromatic rings. The zero-order valence-electron chi connectivity index (χ0n) is 15.7. The summed E-state index contributed by atoms with van der Waals surface area (Å²) in [5.74, 6) is 0.261. The molecule has 0 radical (unpaired) electrons. The number of H-pyrrole nitrogens is 1. The van der Waals surface area contributed by atoms with Gasteiger partial charge in [-0.3, -0.25) is 14.8 Å². The van der Waals surface area contributed by atoms with Gasteiger partial charge >= 0.3 is 0 Å². The van der Waals surface area contributed by atoms with Crippen molar-refractivity contribution in [3.05, 3.63) is 59.4 Å². The molecule has 1 amide bonds. The Morgan fingerprint density at radius 3 is 2.93 bits per heavy atom. The van der Waals surface area contributed by atoms with Gasteiger partial charge in [0.05, 0.1) is 11.9 Å². The smallest absolute Gasteiger partial charge is 0.276 e. The van der Waals surface area contributed by atoms with Crippen molar-refractivity contribution in [1.82, 2.24) is 25.2 Å². The minimum absolute atomic E-state index is 0.0949. The summed E-state index contributed by atoms with van der Waals surface area (Å²) in [4.78, 5) is 16.7. The first-order valence-corrected chi connectivity index (χ1v) is 9.33. The second-order valence-electron chi connectivity index (χ2n) is 7.03. The third-order valence-corrected chi connectivity index (χ3v) is 4.95. The van der Waals surface area contributed by atoms with E-state index in [-0.39, 0.29) is 11.7 Å². The van der Waals surface area contributed by atoms with E-state index in [2.05, 4.69) is 20.3 Å². The van der Waals surface area contributed by atoms with Gasteiger partial charge in [-0.25, -0.2) is 4.39 Å². The number of carbonyl (C=O) groups excluding carboxylic acids is 1. The lowest BCUT2D eigenvalue weighted by Gasteiger charge is -2.21. The molecule has 0 atom stereocenters. The summed E-state index contributed by atoms with van der Waals surface area (Å²) in [7, 11) is 0. The highest BCUT2D eigenvalue weighted by Gasteiger charge is 2.23. The van der Waals surface area contributed by atoms with Crippen LogP contribution in [0.2, 0.25) is 0 Å². The largest absolute Gasteiger partial charge is 0.361 e. The molecule has 1 fully saturated rings. The van der Waals surface area contributed by atoms with Crippen LogP contribution in [-0.2, 0) is 6.54 Å². The molecule has 1 N–H and O–H groups in total. The van der Waals surface area contributed by atoms with Crippen LogP contribution in [0, 0.1) is 12.7 Å².